The average Bonchev–Trinajstić information content (AvgIpc) is 2.31. The summed E-state index contributed by atoms with van der Waals surface area (Å²) in [6.07, 6.45) is 0.352. The third-order valence-electron chi connectivity index (χ3n) is 2.50. The summed E-state index contributed by atoms with van der Waals surface area (Å²) in [5.74, 6) is 0. The summed E-state index contributed by atoms with van der Waals surface area (Å²) in [6, 6.07) is 9.59. The molecule has 0 aliphatic rings. The summed E-state index contributed by atoms with van der Waals surface area (Å²) >= 11 is 0. The van der Waals surface area contributed by atoms with Crippen molar-refractivity contribution in [1.82, 2.24) is 5.32 Å². The summed E-state index contributed by atoms with van der Waals surface area (Å²) in [6.45, 7) is 2.59. The van der Waals surface area contributed by atoms with Gasteiger partial charge in [-0.1, -0.05) is 37.3 Å². The van der Waals surface area contributed by atoms with Gasteiger partial charge in [0.2, 0.25) is 0 Å². The maximum atomic E-state index is 9.82. The third-order valence-corrected chi connectivity index (χ3v) is 2.50. The molecule has 0 bridgehead atoms. The fourth-order valence-electron chi connectivity index (χ4n) is 1.41. The molecule has 0 aromatic heterocycles. The van der Waals surface area contributed by atoms with Gasteiger partial charge in [-0.2, -0.15) is 0 Å². The quantitative estimate of drug-likeness (QED) is 0.657. The molecule has 84 valence electrons. The fourth-order valence-corrected chi connectivity index (χ4v) is 1.41. The van der Waals surface area contributed by atoms with Crippen molar-refractivity contribution in [3.63, 3.8) is 0 Å². The number of aliphatic hydroxyl groups excluding tert-OH is 2. The van der Waals surface area contributed by atoms with E-state index in [0.717, 1.165) is 12.0 Å². The van der Waals surface area contributed by atoms with Crippen LogP contribution in [0.2, 0.25) is 0 Å². The van der Waals surface area contributed by atoms with Gasteiger partial charge in [-0.3, -0.25) is 0 Å². The van der Waals surface area contributed by atoms with E-state index in [0.29, 0.717) is 6.54 Å². The zero-order valence-corrected chi connectivity index (χ0v) is 9.06. The third kappa shape index (κ3) is 4.00. The lowest BCUT2D eigenvalue weighted by Gasteiger charge is -2.17. The molecule has 0 unspecified atom stereocenters. The Morgan fingerprint density at radius 1 is 1.27 bits per heavy atom. The molecular weight excluding hydrogens is 190 g/mol. The molecule has 15 heavy (non-hydrogen) atoms. The van der Waals surface area contributed by atoms with E-state index >= 15 is 0 Å². The van der Waals surface area contributed by atoms with Crippen molar-refractivity contribution in [2.45, 2.75) is 25.5 Å². The summed E-state index contributed by atoms with van der Waals surface area (Å²) in [5, 5.41) is 21.9. The van der Waals surface area contributed by atoms with Crippen molar-refractivity contribution in [2.75, 3.05) is 13.2 Å². The van der Waals surface area contributed by atoms with E-state index in [1.54, 1.807) is 0 Å². The van der Waals surface area contributed by atoms with Crippen molar-refractivity contribution < 1.29 is 10.2 Å². The first-order valence-electron chi connectivity index (χ1n) is 5.35. The second kappa shape index (κ2) is 6.56. The Bertz CT molecular complexity index is 260. The zero-order chi connectivity index (χ0) is 11.1. The lowest BCUT2D eigenvalue weighted by atomic mass is 10.1. The highest BCUT2D eigenvalue weighted by Crippen LogP contribution is 2.10. The minimum absolute atomic E-state index is 0.0726. The van der Waals surface area contributed by atoms with Crippen LogP contribution in [0.5, 0.6) is 0 Å². The van der Waals surface area contributed by atoms with Gasteiger partial charge in [-0.15, -0.1) is 0 Å². The molecule has 3 N–H and O–H groups in total. The van der Waals surface area contributed by atoms with Gasteiger partial charge in [0, 0.05) is 12.6 Å². The Hall–Kier alpha value is -0.900. The van der Waals surface area contributed by atoms with Crippen LogP contribution in [0.25, 0.3) is 0 Å². The van der Waals surface area contributed by atoms with Crippen LogP contribution in [-0.4, -0.2) is 29.4 Å². The predicted molar refractivity (Wildman–Crippen MR) is 60.6 cm³/mol. The minimum Gasteiger partial charge on any atom is -0.395 e. The smallest absolute Gasteiger partial charge is 0.0914 e. The van der Waals surface area contributed by atoms with Crippen LogP contribution < -0.4 is 5.32 Å². The normalized spacial score (nSPS) is 14.9. The minimum atomic E-state index is -0.508. The number of benzene rings is 1. The van der Waals surface area contributed by atoms with E-state index in [4.69, 9.17) is 5.11 Å². The lowest BCUT2D eigenvalue weighted by molar-refractivity contribution is 0.158. The van der Waals surface area contributed by atoms with E-state index in [2.05, 4.69) is 5.32 Å². The molecule has 0 heterocycles. The van der Waals surface area contributed by atoms with E-state index in [1.165, 1.54) is 0 Å². The predicted octanol–water partition coefficient (Wildman–Crippen LogP) is 1.08. The van der Waals surface area contributed by atoms with Crippen LogP contribution in [0.3, 0.4) is 0 Å². The zero-order valence-electron chi connectivity index (χ0n) is 9.06. The highest BCUT2D eigenvalue weighted by molar-refractivity contribution is 5.17. The molecule has 1 aromatic carbocycles. The van der Waals surface area contributed by atoms with Gasteiger partial charge in [-0.05, 0) is 12.0 Å². The molecule has 3 nitrogen and oxygen atoms in total. The second-order valence-corrected chi connectivity index (χ2v) is 3.62. The van der Waals surface area contributed by atoms with Crippen molar-refractivity contribution in [1.29, 1.82) is 0 Å². The summed E-state index contributed by atoms with van der Waals surface area (Å²) in [4.78, 5) is 0. The Balaban J connectivity index is 2.39. The molecule has 3 heteroatoms. The molecule has 0 aliphatic heterocycles. The molecule has 2 atom stereocenters. The molecule has 1 rings (SSSR count). The molecule has 0 spiro atoms. The largest absolute Gasteiger partial charge is 0.395 e. The summed E-state index contributed by atoms with van der Waals surface area (Å²) in [7, 11) is 0. The highest BCUT2D eigenvalue weighted by Gasteiger charge is 2.09. The van der Waals surface area contributed by atoms with Crippen molar-refractivity contribution >= 4 is 0 Å². The Labute approximate surface area is 90.8 Å². The molecule has 0 radical (unpaired) electrons. The van der Waals surface area contributed by atoms with Gasteiger partial charge in [-0.25, -0.2) is 0 Å². The summed E-state index contributed by atoms with van der Waals surface area (Å²) < 4.78 is 0. The van der Waals surface area contributed by atoms with Gasteiger partial charge in [0.05, 0.1) is 12.7 Å². The molecule has 1 aromatic rings. The topological polar surface area (TPSA) is 52.5 Å². The SMILES string of the molecule is CC[C@H](CO)NC[C@@H](O)c1ccccc1. The molecule has 0 saturated carbocycles. The maximum Gasteiger partial charge on any atom is 0.0914 e. The Morgan fingerprint density at radius 2 is 1.93 bits per heavy atom. The Kier molecular flexibility index (Phi) is 5.32. The molecule has 0 fully saturated rings. The van der Waals surface area contributed by atoms with Crippen molar-refractivity contribution in [3.05, 3.63) is 35.9 Å². The van der Waals surface area contributed by atoms with Gasteiger partial charge in [0.15, 0.2) is 0 Å². The first-order valence-corrected chi connectivity index (χ1v) is 5.35. The highest BCUT2D eigenvalue weighted by atomic mass is 16.3. The first kappa shape index (κ1) is 12.2. The van der Waals surface area contributed by atoms with E-state index < -0.39 is 6.10 Å². The van der Waals surface area contributed by atoms with E-state index in [-0.39, 0.29) is 12.6 Å². The molecular formula is C12H19NO2. The van der Waals surface area contributed by atoms with Crippen LogP contribution in [0, 0.1) is 0 Å². The fraction of sp³-hybridized carbons (Fsp3) is 0.500. The van der Waals surface area contributed by atoms with Gasteiger partial charge >= 0.3 is 0 Å². The van der Waals surface area contributed by atoms with Crippen LogP contribution in [0.1, 0.15) is 25.0 Å². The average molecular weight is 209 g/mol. The molecule has 0 aliphatic carbocycles. The van der Waals surface area contributed by atoms with Crippen molar-refractivity contribution in [2.24, 2.45) is 0 Å². The maximum absolute atomic E-state index is 9.82. The summed E-state index contributed by atoms with van der Waals surface area (Å²) in [5.41, 5.74) is 0.901. The molecule has 0 amide bonds. The number of aliphatic hydroxyl groups is 2. The number of rotatable bonds is 6. The van der Waals surface area contributed by atoms with Gasteiger partial charge in [0.25, 0.3) is 0 Å². The Morgan fingerprint density at radius 3 is 2.47 bits per heavy atom. The van der Waals surface area contributed by atoms with E-state index in [1.807, 2.05) is 37.3 Å². The van der Waals surface area contributed by atoms with Crippen LogP contribution in [0.15, 0.2) is 30.3 Å². The first-order chi connectivity index (χ1) is 7.27. The lowest BCUT2D eigenvalue weighted by Crippen LogP contribution is -2.34. The van der Waals surface area contributed by atoms with Crippen LogP contribution >= 0.6 is 0 Å². The van der Waals surface area contributed by atoms with Crippen LogP contribution in [0.4, 0.5) is 0 Å². The van der Waals surface area contributed by atoms with Crippen molar-refractivity contribution in [3.8, 4) is 0 Å². The van der Waals surface area contributed by atoms with Gasteiger partial charge < -0.3 is 15.5 Å². The molecule has 0 saturated heterocycles. The number of hydrogen-bond acceptors (Lipinski definition) is 3. The van der Waals surface area contributed by atoms with E-state index in [9.17, 15) is 5.11 Å². The van der Waals surface area contributed by atoms with Crippen LogP contribution in [-0.2, 0) is 0 Å². The standard InChI is InChI=1S/C12H19NO2/c1-2-11(9-14)13-8-12(15)10-6-4-3-5-7-10/h3-7,11-15H,2,8-9H2,1H3/t11-,12-/m1/s1. The number of nitrogens with one attached hydrogen (secondary N) is 1. The number of hydrogen-bond donors (Lipinski definition) is 3. The monoisotopic (exact) mass is 209 g/mol. The van der Waals surface area contributed by atoms with Gasteiger partial charge in [0.1, 0.15) is 0 Å². The second-order valence-electron chi connectivity index (χ2n) is 3.62.